The van der Waals surface area contributed by atoms with Gasteiger partial charge in [-0.25, -0.2) is 0 Å². The lowest BCUT2D eigenvalue weighted by atomic mass is 10.1. The number of anilines is 2. The number of amides is 2. The first-order valence-electron chi connectivity index (χ1n) is 10.5. The van der Waals surface area contributed by atoms with Crippen molar-refractivity contribution < 1.29 is 14.3 Å². The summed E-state index contributed by atoms with van der Waals surface area (Å²) in [6.45, 7) is 1.99. The van der Waals surface area contributed by atoms with Crippen molar-refractivity contribution in [1.29, 1.82) is 0 Å². The normalized spacial score (nSPS) is 10.5. The second-order valence-corrected chi connectivity index (χ2v) is 7.52. The first-order valence-corrected chi connectivity index (χ1v) is 10.5. The van der Waals surface area contributed by atoms with Gasteiger partial charge in [0.2, 0.25) is 5.91 Å². The average Bonchev–Trinajstić information content (AvgIpc) is 3.25. The van der Waals surface area contributed by atoms with E-state index in [1.807, 2.05) is 54.6 Å². The lowest BCUT2D eigenvalue weighted by Crippen LogP contribution is -2.12. The summed E-state index contributed by atoms with van der Waals surface area (Å²) < 4.78 is 7.11. The van der Waals surface area contributed by atoms with Gasteiger partial charge in [-0.3, -0.25) is 14.3 Å². The average molecular weight is 441 g/mol. The molecule has 0 saturated heterocycles. The van der Waals surface area contributed by atoms with E-state index in [1.54, 1.807) is 42.3 Å². The van der Waals surface area contributed by atoms with E-state index >= 15 is 0 Å². The number of carbonyl (C=O) groups excluding carboxylic acids is 2. The topological polar surface area (TPSA) is 85.2 Å². The van der Waals surface area contributed by atoms with Crippen LogP contribution in [-0.4, -0.2) is 28.7 Å². The van der Waals surface area contributed by atoms with Crippen LogP contribution in [0.1, 0.15) is 22.8 Å². The quantitative estimate of drug-likeness (QED) is 0.432. The third-order valence-electron chi connectivity index (χ3n) is 5.00. The van der Waals surface area contributed by atoms with Gasteiger partial charge in [-0.15, -0.1) is 0 Å². The molecule has 0 saturated carbocycles. The molecule has 0 bridgehead atoms. The van der Waals surface area contributed by atoms with Crippen LogP contribution in [0.3, 0.4) is 0 Å². The van der Waals surface area contributed by atoms with Crippen molar-refractivity contribution >= 4 is 23.2 Å². The van der Waals surface area contributed by atoms with Gasteiger partial charge in [0.15, 0.2) is 0 Å². The summed E-state index contributed by atoms with van der Waals surface area (Å²) in [6.07, 6.45) is 1.75. The highest BCUT2D eigenvalue weighted by molar-refractivity contribution is 6.08. The molecule has 3 aromatic carbocycles. The van der Waals surface area contributed by atoms with Gasteiger partial charge < -0.3 is 15.4 Å². The molecule has 0 aliphatic carbocycles. The molecule has 0 aliphatic rings. The van der Waals surface area contributed by atoms with Crippen molar-refractivity contribution in [1.82, 2.24) is 9.78 Å². The number of carbonyl (C=O) groups is 2. The van der Waals surface area contributed by atoms with Gasteiger partial charge in [0.1, 0.15) is 11.4 Å². The van der Waals surface area contributed by atoms with E-state index in [1.165, 1.54) is 6.92 Å². The van der Waals surface area contributed by atoms with E-state index < -0.39 is 0 Å². The van der Waals surface area contributed by atoms with E-state index in [2.05, 4.69) is 10.6 Å². The van der Waals surface area contributed by atoms with Crippen molar-refractivity contribution in [3.8, 4) is 17.0 Å². The summed E-state index contributed by atoms with van der Waals surface area (Å²) in [5.41, 5.74) is 4.15. The molecule has 4 rings (SSSR count). The van der Waals surface area contributed by atoms with Gasteiger partial charge in [-0.05, 0) is 42.0 Å². The summed E-state index contributed by atoms with van der Waals surface area (Å²) in [7, 11) is 1.60. The van der Waals surface area contributed by atoms with Crippen LogP contribution in [0.25, 0.3) is 11.3 Å². The molecule has 0 unspecified atom stereocenters. The molecule has 4 aromatic rings. The van der Waals surface area contributed by atoms with Gasteiger partial charge >= 0.3 is 0 Å². The van der Waals surface area contributed by atoms with Gasteiger partial charge in [-0.1, -0.05) is 42.5 Å². The Morgan fingerprint density at radius 1 is 0.909 bits per heavy atom. The zero-order valence-electron chi connectivity index (χ0n) is 18.4. The maximum absolute atomic E-state index is 13.2. The van der Waals surface area contributed by atoms with Crippen LogP contribution in [0.4, 0.5) is 11.4 Å². The molecule has 0 radical (unpaired) electrons. The summed E-state index contributed by atoms with van der Waals surface area (Å²) in [5.74, 6) is 0.255. The minimum absolute atomic E-state index is 0.152. The first kappa shape index (κ1) is 21.8. The van der Waals surface area contributed by atoms with Crippen LogP contribution in [0.5, 0.6) is 5.75 Å². The number of benzene rings is 3. The number of ether oxygens (including phenoxy) is 1. The molecule has 1 heterocycles. The maximum Gasteiger partial charge on any atom is 0.259 e. The Labute approximate surface area is 192 Å². The molecular weight excluding hydrogens is 416 g/mol. The molecule has 0 aliphatic heterocycles. The van der Waals surface area contributed by atoms with Gasteiger partial charge in [0.25, 0.3) is 5.91 Å². The highest BCUT2D eigenvalue weighted by Crippen LogP contribution is 2.27. The molecule has 0 fully saturated rings. The highest BCUT2D eigenvalue weighted by atomic mass is 16.5. The van der Waals surface area contributed by atoms with Crippen LogP contribution in [0, 0.1) is 0 Å². The minimum Gasteiger partial charge on any atom is -0.497 e. The number of aromatic nitrogens is 2. The molecule has 1 aromatic heterocycles. The molecule has 2 N–H and O–H groups in total. The van der Waals surface area contributed by atoms with Crippen LogP contribution in [-0.2, 0) is 11.3 Å². The van der Waals surface area contributed by atoms with E-state index in [-0.39, 0.29) is 11.8 Å². The largest absolute Gasteiger partial charge is 0.497 e. The first-order chi connectivity index (χ1) is 16.0. The Morgan fingerprint density at radius 2 is 1.61 bits per heavy atom. The molecule has 166 valence electrons. The predicted octanol–water partition coefficient (Wildman–Crippen LogP) is 4.82. The smallest absolute Gasteiger partial charge is 0.259 e. The van der Waals surface area contributed by atoms with Crippen LogP contribution >= 0.6 is 0 Å². The van der Waals surface area contributed by atoms with E-state index in [9.17, 15) is 9.59 Å². The van der Waals surface area contributed by atoms with Crippen LogP contribution < -0.4 is 15.4 Å². The maximum atomic E-state index is 13.2. The van der Waals surface area contributed by atoms with E-state index in [0.717, 1.165) is 11.1 Å². The third kappa shape index (κ3) is 5.46. The van der Waals surface area contributed by atoms with E-state index in [0.29, 0.717) is 34.9 Å². The number of hydrogen-bond donors (Lipinski definition) is 2. The standard InChI is InChI=1S/C26H24N4O3/c1-18(31)27-21-11-13-22(14-12-21)28-26(32)24-17-30(16-19-7-4-3-5-8-19)29-25(24)20-9-6-10-23(15-20)33-2/h3-15,17H,16H2,1-2H3,(H,27,31)(H,28,32). The van der Waals surface area contributed by atoms with Gasteiger partial charge in [-0.2, -0.15) is 5.10 Å². The fourth-order valence-corrected chi connectivity index (χ4v) is 3.46. The van der Waals surface area contributed by atoms with Crippen molar-refractivity contribution in [2.75, 3.05) is 17.7 Å². The molecule has 33 heavy (non-hydrogen) atoms. The van der Waals surface area contributed by atoms with Crippen molar-refractivity contribution in [2.45, 2.75) is 13.5 Å². The number of rotatable bonds is 7. The Balaban J connectivity index is 1.64. The predicted molar refractivity (Wildman–Crippen MR) is 128 cm³/mol. The fourth-order valence-electron chi connectivity index (χ4n) is 3.46. The summed E-state index contributed by atoms with van der Waals surface area (Å²) >= 11 is 0. The molecule has 0 atom stereocenters. The third-order valence-corrected chi connectivity index (χ3v) is 5.00. The van der Waals surface area contributed by atoms with Crippen molar-refractivity contribution in [3.05, 3.63) is 96.2 Å². The SMILES string of the molecule is COc1cccc(-c2nn(Cc3ccccc3)cc2C(=O)Nc2ccc(NC(C)=O)cc2)c1. The van der Waals surface area contributed by atoms with Crippen LogP contribution in [0.15, 0.2) is 85.1 Å². The summed E-state index contributed by atoms with van der Waals surface area (Å²) in [4.78, 5) is 24.4. The molecule has 7 nitrogen and oxygen atoms in total. The molecule has 0 spiro atoms. The number of hydrogen-bond acceptors (Lipinski definition) is 4. The fraction of sp³-hybridized carbons (Fsp3) is 0.115. The van der Waals surface area contributed by atoms with Gasteiger partial charge in [0.05, 0.1) is 19.2 Å². The Hall–Kier alpha value is -4.39. The van der Waals surface area contributed by atoms with Crippen LogP contribution in [0.2, 0.25) is 0 Å². The van der Waals surface area contributed by atoms with Crippen molar-refractivity contribution in [2.24, 2.45) is 0 Å². The van der Waals surface area contributed by atoms with E-state index in [4.69, 9.17) is 9.84 Å². The number of nitrogens with one attached hydrogen (secondary N) is 2. The lowest BCUT2D eigenvalue weighted by Gasteiger charge is -2.08. The Morgan fingerprint density at radius 3 is 2.27 bits per heavy atom. The zero-order chi connectivity index (χ0) is 23.2. The minimum atomic E-state index is -0.278. The number of nitrogens with zero attached hydrogens (tertiary/aromatic N) is 2. The second kappa shape index (κ2) is 9.82. The second-order valence-electron chi connectivity index (χ2n) is 7.52. The lowest BCUT2D eigenvalue weighted by molar-refractivity contribution is -0.114. The van der Waals surface area contributed by atoms with Crippen molar-refractivity contribution in [3.63, 3.8) is 0 Å². The molecule has 2 amide bonds. The number of methoxy groups -OCH3 is 1. The monoisotopic (exact) mass is 440 g/mol. The summed E-state index contributed by atoms with van der Waals surface area (Å²) in [6, 6.07) is 24.4. The molecule has 7 heteroatoms. The zero-order valence-corrected chi connectivity index (χ0v) is 18.4. The van der Waals surface area contributed by atoms with Gasteiger partial charge in [0, 0.05) is 30.1 Å². The Kier molecular flexibility index (Phi) is 6.50. The summed E-state index contributed by atoms with van der Waals surface area (Å²) in [5, 5.41) is 10.3. The Bertz CT molecular complexity index is 1260. The highest BCUT2D eigenvalue weighted by Gasteiger charge is 2.19. The molecular formula is C26H24N4O3.